The largest absolute Gasteiger partial charge is 0.355 e. The SMILES string of the molecule is CCC(C(=O)NCCc1ccc(Cl)cc1Cl)c1ccccc1. The van der Waals surface area contributed by atoms with Crippen molar-refractivity contribution in [3.63, 3.8) is 0 Å². The number of carbonyl (C=O) groups is 1. The number of amides is 1. The van der Waals surface area contributed by atoms with E-state index in [4.69, 9.17) is 23.2 Å². The molecule has 2 aromatic rings. The summed E-state index contributed by atoms with van der Waals surface area (Å²) in [5, 5.41) is 4.25. The molecule has 4 heteroatoms. The zero-order chi connectivity index (χ0) is 15.9. The number of nitrogens with one attached hydrogen (secondary N) is 1. The first kappa shape index (κ1) is 16.9. The monoisotopic (exact) mass is 335 g/mol. The molecular formula is C18H19Cl2NO. The van der Waals surface area contributed by atoms with Gasteiger partial charge in [-0.15, -0.1) is 0 Å². The van der Waals surface area contributed by atoms with Crippen molar-refractivity contribution in [3.05, 3.63) is 69.7 Å². The first-order chi connectivity index (χ1) is 10.6. The molecule has 2 rings (SSSR count). The van der Waals surface area contributed by atoms with Crippen molar-refractivity contribution in [2.45, 2.75) is 25.7 Å². The van der Waals surface area contributed by atoms with Crippen molar-refractivity contribution < 1.29 is 4.79 Å². The Kier molecular flexibility index (Phi) is 6.29. The minimum Gasteiger partial charge on any atom is -0.355 e. The van der Waals surface area contributed by atoms with Crippen LogP contribution >= 0.6 is 23.2 Å². The normalized spacial score (nSPS) is 12.0. The van der Waals surface area contributed by atoms with Crippen LogP contribution in [0.15, 0.2) is 48.5 Å². The van der Waals surface area contributed by atoms with Crippen LogP contribution in [0.2, 0.25) is 10.0 Å². The van der Waals surface area contributed by atoms with Crippen LogP contribution in [0, 0.1) is 0 Å². The van der Waals surface area contributed by atoms with Crippen LogP contribution in [-0.4, -0.2) is 12.5 Å². The first-order valence-electron chi connectivity index (χ1n) is 7.38. The zero-order valence-corrected chi connectivity index (χ0v) is 14.0. The van der Waals surface area contributed by atoms with Gasteiger partial charge in [0.25, 0.3) is 0 Å². The number of halogens is 2. The highest BCUT2D eigenvalue weighted by Gasteiger charge is 2.17. The molecule has 0 aliphatic carbocycles. The van der Waals surface area contributed by atoms with Gasteiger partial charge in [-0.05, 0) is 36.1 Å². The summed E-state index contributed by atoms with van der Waals surface area (Å²) < 4.78 is 0. The third-order valence-electron chi connectivity index (χ3n) is 3.64. The van der Waals surface area contributed by atoms with Crippen LogP contribution in [0.3, 0.4) is 0 Å². The van der Waals surface area contributed by atoms with Gasteiger partial charge >= 0.3 is 0 Å². The molecule has 1 amide bonds. The molecule has 0 aliphatic heterocycles. The predicted molar refractivity (Wildman–Crippen MR) is 92.6 cm³/mol. The van der Waals surface area contributed by atoms with Gasteiger partial charge in [0.05, 0.1) is 5.92 Å². The summed E-state index contributed by atoms with van der Waals surface area (Å²) in [4.78, 5) is 12.3. The van der Waals surface area contributed by atoms with Crippen LogP contribution in [0.4, 0.5) is 0 Å². The molecule has 22 heavy (non-hydrogen) atoms. The Morgan fingerprint density at radius 2 is 1.86 bits per heavy atom. The van der Waals surface area contributed by atoms with Crippen molar-refractivity contribution in [2.75, 3.05) is 6.54 Å². The second kappa shape index (κ2) is 8.21. The number of hydrogen-bond acceptors (Lipinski definition) is 1. The Morgan fingerprint density at radius 3 is 2.50 bits per heavy atom. The lowest BCUT2D eigenvalue weighted by molar-refractivity contribution is -0.122. The van der Waals surface area contributed by atoms with E-state index in [0.29, 0.717) is 23.0 Å². The maximum atomic E-state index is 12.3. The predicted octanol–water partition coefficient (Wildman–Crippen LogP) is 4.85. The molecule has 0 aliphatic rings. The maximum absolute atomic E-state index is 12.3. The molecule has 1 unspecified atom stereocenters. The Bertz CT molecular complexity index is 628. The molecule has 0 saturated heterocycles. The summed E-state index contributed by atoms with van der Waals surface area (Å²) in [5.41, 5.74) is 2.03. The minimum absolute atomic E-state index is 0.0544. The summed E-state index contributed by atoms with van der Waals surface area (Å²) in [6.45, 7) is 2.58. The van der Waals surface area contributed by atoms with Gasteiger partial charge in [0, 0.05) is 16.6 Å². The summed E-state index contributed by atoms with van der Waals surface area (Å²) in [5.74, 6) is -0.0549. The van der Waals surface area contributed by atoms with Crippen LogP contribution in [0.5, 0.6) is 0 Å². The molecule has 0 spiro atoms. The Balaban J connectivity index is 1.92. The van der Waals surface area contributed by atoms with E-state index in [0.717, 1.165) is 17.5 Å². The number of hydrogen-bond donors (Lipinski definition) is 1. The Morgan fingerprint density at radius 1 is 1.14 bits per heavy atom. The van der Waals surface area contributed by atoms with Gasteiger partial charge < -0.3 is 5.32 Å². The smallest absolute Gasteiger partial charge is 0.227 e. The van der Waals surface area contributed by atoms with E-state index in [9.17, 15) is 4.79 Å². The topological polar surface area (TPSA) is 29.1 Å². The number of rotatable bonds is 6. The van der Waals surface area contributed by atoms with E-state index in [2.05, 4.69) is 5.32 Å². The lowest BCUT2D eigenvalue weighted by Crippen LogP contribution is -2.30. The molecule has 116 valence electrons. The highest BCUT2D eigenvalue weighted by Crippen LogP contribution is 2.22. The van der Waals surface area contributed by atoms with Gasteiger partial charge in [0.2, 0.25) is 5.91 Å². The summed E-state index contributed by atoms with van der Waals surface area (Å²) >= 11 is 12.0. The second-order valence-corrected chi connectivity index (χ2v) is 5.99. The molecule has 0 radical (unpaired) electrons. The van der Waals surface area contributed by atoms with Gasteiger partial charge in [0.15, 0.2) is 0 Å². The van der Waals surface area contributed by atoms with Crippen molar-refractivity contribution in [2.24, 2.45) is 0 Å². The molecule has 0 bridgehead atoms. The van der Waals surface area contributed by atoms with Crippen molar-refractivity contribution >= 4 is 29.1 Å². The third kappa shape index (κ3) is 4.49. The van der Waals surface area contributed by atoms with Crippen LogP contribution < -0.4 is 5.32 Å². The van der Waals surface area contributed by atoms with Crippen molar-refractivity contribution in [3.8, 4) is 0 Å². The van der Waals surface area contributed by atoms with Gasteiger partial charge in [-0.1, -0.05) is 66.5 Å². The summed E-state index contributed by atoms with van der Waals surface area (Å²) in [6, 6.07) is 15.3. The Hall–Kier alpha value is -1.51. The van der Waals surface area contributed by atoms with Crippen molar-refractivity contribution in [1.29, 1.82) is 0 Å². The van der Waals surface area contributed by atoms with E-state index in [-0.39, 0.29) is 11.8 Å². The van der Waals surface area contributed by atoms with Crippen molar-refractivity contribution in [1.82, 2.24) is 5.32 Å². The lowest BCUT2D eigenvalue weighted by atomic mass is 9.95. The average Bonchev–Trinajstić information content (AvgIpc) is 2.51. The van der Waals surface area contributed by atoms with Gasteiger partial charge in [0.1, 0.15) is 0 Å². The fraction of sp³-hybridized carbons (Fsp3) is 0.278. The van der Waals surface area contributed by atoms with E-state index >= 15 is 0 Å². The standard InChI is InChI=1S/C18H19Cl2NO/c1-2-16(13-6-4-3-5-7-13)18(22)21-11-10-14-8-9-15(19)12-17(14)20/h3-9,12,16H,2,10-11H2,1H3,(H,21,22). The minimum atomic E-state index is -0.109. The molecule has 2 nitrogen and oxygen atoms in total. The fourth-order valence-corrected chi connectivity index (χ4v) is 2.93. The van der Waals surface area contributed by atoms with Crippen LogP contribution in [0.1, 0.15) is 30.4 Å². The molecule has 0 fully saturated rings. The van der Waals surface area contributed by atoms with Crippen LogP contribution in [0.25, 0.3) is 0 Å². The fourth-order valence-electron chi connectivity index (χ4n) is 2.43. The molecule has 2 aromatic carbocycles. The van der Waals surface area contributed by atoms with E-state index in [1.54, 1.807) is 6.07 Å². The second-order valence-electron chi connectivity index (χ2n) is 5.15. The molecular weight excluding hydrogens is 317 g/mol. The molecule has 0 aromatic heterocycles. The molecule has 0 saturated carbocycles. The van der Waals surface area contributed by atoms with E-state index < -0.39 is 0 Å². The lowest BCUT2D eigenvalue weighted by Gasteiger charge is -2.15. The maximum Gasteiger partial charge on any atom is 0.227 e. The number of benzene rings is 2. The molecule has 1 N–H and O–H groups in total. The highest BCUT2D eigenvalue weighted by atomic mass is 35.5. The number of carbonyl (C=O) groups excluding carboxylic acids is 1. The van der Waals surface area contributed by atoms with Crippen LogP contribution in [-0.2, 0) is 11.2 Å². The zero-order valence-electron chi connectivity index (χ0n) is 12.5. The highest BCUT2D eigenvalue weighted by molar-refractivity contribution is 6.35. The first-order valence-corrected chi connectivity index (χ1v) is 8.14. The quantitative estimate of drug-likeness (QED) is 0.803. The van der Waals surface area contributed by atoms with E-state index in [1.807, 2.05) is 49.4 Å². The van der Waals surface area contributed by atoms with Gasteiger partial charge in [-0.2, -0.15) is 0 Å². The molecule has 0 heterocycles. The Labute approximate surface area is 141 Å². The van der Waals surface area contributed by atoms with Gasteiger partial charge in [-0.25, -0.2) is 0 Å². The third-order valence-corrected chi connectivity index (χ3v) is 4.22. The molecule has 1 atom stereocenters. The average molecular weight is 336 g/mol. The van der Waals surface area contributed by atoms with Gasteiger partial charge in [-0.3, -0.25) is 4.79 Å². The van der Waals surface area contributed by atoms with E-state index in [1.165, 1.54) is 0 Å². The summed E-state index contributed by atoms with van der Waals surface area (Å²) in [6.07, 6.45) is 1.46. The summed E-state index contributed by atoms with van der Waals surface area (Å²) in [7, 11) is 0.